The van der Waals surface area contributed by atoms with Gasteiger partial charge in [0.1, 0.15) is 6.54 Å². The van der Waals surface area contributed by atoms with Crippen molar-refractivity contribution in [3.63, 3.8) is 0 Å². The lowest BCUT2D eigenvalue weighted by molar-refractivity contribution is -0.143. The fourth-order valence-electron chi connectivity index (χ4n) is 2.06. The molecule has 0 atom stereocenters. The maximum absolute atomic E-state index is 11.8. The summed E-state index contributed by atoms with van der Waals surface area (Å²) in [6.07, 6.45) is 2.81. The van der Waals surface area contributed by atoms with Gasteiger partial charge >= 0.3 is 5.97 Å². The van der Waals surface area contributed by atoms with Crippen LogP contribution in [0.5, 0.6) is 0 Å². The number of aromatic amines is 1. The molecule has 0 aliphatic rings. The normalized spacial score (nSPS) is 10.6. The third-order valence-corrected chi connectivity index (χ3v) is 3.08. The van der Waals surface area contributed by atoms with Gasteiger partial charge in [-0.3, -0.25) is 9.59 Å². The van der Waals surface area contributed by atoms with E-state index in [1.807, 2.05) is 30.5 Å². The lowest BCUT2D eigenvalue weighted by atomic mass is 10.1. The molecule has 0 unspecified atom stereocenters. The number of nitrogens with one attached hydrogen (secondary N) is 1. The van der Waals surface area contributed by atoms with Gasteiger partial charge in [-0.05, 0) is 18.1 Å². The highest BCUT2D eigenvalue weighted by molar-refractivity contribution is 5.85. The predicted molar refractivity (Wildman–Crippen MR) is 71.9 cm³/mol. The van der Waals surface area contributed by atoms with Gasteiger partial charge < -0.3 is 15.0 Å². The number of hydrogen-bond acceptors (Lipinski definition) is 2. The van der Waals surface area contributed by atoms with Gasteiger partial charge in [0, 0.05) is 30.6 Å². The van der Waals surface area contributed by atoms with Crippen LogP contribution in [0.15, 0.2) is 30.5 Å². The maximum Gasteiger partial charge on any atom is 0.323 e. The number of likely N-dealkylation sites (N-methyl/N-ethyl adjacent to an activating group) is 1. The zero-order chi connectivity index (χ0) is 13.8. The zero-order valence-electron chi connectivity index (χ0n) is 10.7. The molecule has 1 aromatic heterocycles. The molecule has 0 spiro atoms. The van der Waals surface area contributed by atoms with Gasteiger partial charge in [0.25, 0.3) is 0 Å². The van der Waals surface area contributed by atoms with Crippen molar-refractivity contribution in [2.75, 3.05) is 13.6 Å². The quantitative estimate of drug-likeness (QED) is 0.858. The second-order valence-corrected chi connectivity index (χ2v) is 4.50. The molecule has 1 heterocycles. The Labute approximate surface area is 110 Å². The van der Waals surface area contributed by atoms with E-state index in [1.54, 1.807) is 0 Å². The molecule has 0 saturated heterocycles. The lowest BCUT2D eigenvalue weighted by Gasteiger charge is -2.13. The first-order chi connectivity index (χ1) is 9.08. The minimum absolute atomic E-state index is 0.160. The van der Waals surface area contributed by atoms with E-state index in [4.69, 9.17) is 5.11 Å². The summed E-state index contributed by atoms with van der Waals surface area (Å²) >= 11 is 0. The Morgan fingerprint density at radius 3 is 2.79 bits per heavy atom. The number of aryl methyl sites for hydroxylation is 1. The van der Waals surface area contributed by atoms with Crippen LogP contribution in [0.2, 0.25) is 0 Å². The van der Waals surface area contributed by atoms with E-state index in [1.165, 1.54) is 11.9 Å². The molecule has 1 aromatic carbocycles. The molecule has 100 valence electrons. The highest BCUT2D eigenvalue weighted by atomic mass is 16.4. The van der Waals surface area contributed by atoms with Crippen molar-refractivity contribution >= 4 is 22.8 Å². The van der Waals surface area contributed by atoms with Crippen LogP contribution < -0.4 is 0 Å². The van der Waals surface area contributed by atoms with Crippen LogP contribution in [0.25, 0.3) is 10.9 Å². The molecule has 0 aliphatic carbocycles. The summed E-state index contributed by atoms with van der Waals surface area (Å²) in [7, 11) is 1.51. The van der Waals surface area contributed by atoms with E-state index in [0.717, 1.165) is 16.5 Å². The van der Waals surface area contributed by atoms with Crippen LogP contribution in [0, 0.1) is 0 Å². The number of para-hydroxylation sites is 1. The minimum atomic E-state index is -0.997. The number of carbonyl (C=O) groups is 2. The third-order valence-electron chi connectivity index (χ3n) is 3.08. The fourth-order valence-corrected chi connectivity index (χ4v) is 2.06. The Morgan fingerprint density at radius 1 is 1.32 bits per heavy atom. The summed E-state index contributed by atoms with van der Waals surface area (Å²) in [5.74, 6) is -1.16. The molecule has 0 bridgehead atoms. The van der Waals surface area contributed by atoms with Crippen LogP contribution in [0.4, 0.5) is 0 Å². The van der Waals surface area contributed by atoms with E-state index in [-0.39, 0.29) is 12.5 Å². The Hall–Kier alpha value is -2.30. The molecular formula is C14H16N2O3. The van der Waals surface area contributed by atoms with Crippen molar-refractivity contribution in [1.82, 2.24) is 9.88 Å². The molecular weight excluding hydrogens is 244 g/mol. The number of rotatable bonds is 5. The van der Waals surface area contributed by atoms with Crippen LogP contribution >= 0.6 is 0 Å². The molecule has 0 fully saturated rings. The molecule has 0 saturated carbocycles. The molecule has 0 radical (unpaired) electrons. The van der Waals surface area contributed by atoms with Crippen molar-refractivity contribution in [2.24, 2.45) is 0 Å². The standard InChI is InChI=1S/C14H16N2O3/c1-16(9-14(18)19)13(17)7-6-10-8-15-12-5-3-2-4-11(10)12/h2-5,8,15H,6-7,9H2,1H3,(H,18,19). The summed E-state index contributed by atoms with van der Waals surface area (Å²) < 4.78 is 0. The Morgan fingerprint density at radius 2 is 2.05 bits per heavy atom. The van der Waals surface area contributed by atoms with E-state index in [9.17, 15) is 9.59 Å². The van der Waals surface area contributed by atoms with Gasteiger partial charge in [-0.15, -0.1) is 0 Å². The number of benzene rings is 1. The summed E-state index contributed by atoms with van der Waals surface area (Å²) in [5, 5.41) is 9.74. The number of hydrogen-bond donors (Lipinski definition) is 2. The minimum Gasteiger partial charge on any atom is -0.480 e. The summed E-state index contributed by atoms with van der Waals surface area (Å²) in [4.78, 5) is 26.7. The second-order valence-electron chi connectivity index (χ2n) is 4.50. The number of H-pyrrole nitrogens is 1. The van der Waals surface area contributed by atoms with Gasteiger partial charge in [-0.25, -0.2) is 0 Å². The summed E-state index contributed by atoms with van der Waals surface area (Å²) in [6.45, 7) is -0.257. The second kappa shape index (κ2) is 5.56. The van der Waals surface area contributed by atoms with Crippen molar-refractivity contribution < 1.29 is 14.7 Å². The third kappa shape index (κ3) is 3.13. The average Bonchev–Trinajstić information content (AvgIpc) is 2.78. The monoisotopic (exact) mass is 260 g/mol. The van der Waals surface area contributed by atoms with Crippen LogP contribution in [0.3, 0.4) is 0 Å². The van der Waals surface area contributed by atoms with E-state index >= 15 is 0 Å². The van der Waals surface area contributed by atoms with Crippen molar-refractivity contribution in [2.45, 2.75) is 12.8 Å². The van der Waals surface area contributed by atoms with Crippen LogP contribution in [-0.2, 0) is 16.0 Å². The molecule has 2 rings (SSSR count). The molecule has 2 aromatic rings. The summed E-state index contributed by atoms with van der Waals surface area (Å²) in [6, 6.07) is 7.90. The van der Waals surface area contributed by atoms with Crippen LogP contribution in [-0.4, -0.2) is 40.5 Å². The fraction of sp³-hybridized carbons (Fsp3) is 0.286. The number of carbonyl (C=O) groups excluding carboxylic acids is 1. The molecule has 0 aliphatic heterocycles. The van der Waals surface area contributed by atoms with Gasteiger partial charge in [0.15, 0.2) is 0 Å². The van der Waals surface area contributed by atoms with Gasteiger partial charge in [0.05, 0.1) is 0 Å². The first-order valence-electron chi connectivity index (χ1n) is 6.08. The number of carboxylic acid groups (broad SMARTS) is 1. The largest absolute Gasteiger partial charge is 0.480 e. The van der Waals surface area contributed by atoms with E-state index < -0.39 is 5.97 Å². The van der Waals surface area contributed by atoms with Crippen LogP contribution in [0.1, 0.15) is 12.0 Å². The first kappa shape index (κ1) is 13.1. The van der Waals surface area contributed by atoms with Crippen molar-refractivity contribution in [1.29, 1.82) is 0 Å². The molecule has 5 heteroatoms. The van der Waals surface area contributed by atoms with Gasteiger partial charge in [-0.1, -0.05) is 18.2 Å². The Bertz CT molecular complexity index is 604. The highest BCUT2D eigenvalue weighted by Gasteiger charge is 2.13. The summed E-state index contributed by atoms with van der Waals surface area (Å²) in [5.41, 5.74) is 2.12. The first-order valence-corrected chi connectivity index (χ1v) is 6.08. The lowest BCUT2D eigenvalue weighted by Crippen LogP contribution is -2.32. The average molecular weight is 260 g/mol. The molecule has 5 nitrogen and oxygen atoms in total. The number of aromatic nitrogens is 1. The SMILES string of the molecule is CN(CC(=O)O)C(=O)CCc1c[nH]c2ccccc12. The highest BCUT2D eigenvalue weighted by Crippen LogP contribution is 2.19. The topological polar surface area (TPSA) is 73.4 Å². The Balaban J connectivity index is 1.99. The number of amides is 1. The van der Waals surface area contributed by atoms with Crippen molar-refractivity contribution in [3.8, 4) is 0 Å². The number of carboxylic acids is 1. The smallest absolute Gasteiger partial charge is 0.323 e. The molecule has 19 heavy (non-hydrogen) atoms. The van der Waals surface area contributed by atoms with Gasteiger partial charge in [-0.2, -0.15) is 0 Å². The van der Waals surface area contributed by atoms with Crippen molar-refractivity contribution in [3.05, 3.63) is 36.0 Å². The number of fused-ring (bicyclic) bond motifs is 1. The molecule has 1 amide bonds. The van der Waals surface area contributed by atoms with E-state index in [0.29, 0.717) is 12.8 Å². The maximum atomic E-state index is 11.8. The van der Waals surface area contributed by atoms with Gasteiger partial charge in [0.2, 0.25) is 5.91 Å². The Kier molecular flexibility index (Phi) is 3.85. The zero-order valence-corrected chi connectivity index (χ0v) is 10.7. The molecule has 2 N–H and O–H groups in total. The predicted octanol–water partition coefficient (Wildman–Crippen LogP) is 1.64. The van der Waals surface area contributed by atoms with E-state index in [2.05, 4.69) is 4.98 Å². The number of aliphatic carboxylic acids is 1. The number of nitrogens with zero attached hydrogens (tertiary/aromatic N) is 1.